The first kappa shape index (κ1) is 23.3. The number of ether oxygens (including phenoxy) is 2. The Morgan fingerprint density at radius 2 is 2.14 bits per heavy atom. The molecule has 1 aliphatic heterocycles. The van der Waals surface area contributed by atoms with Crippen LogP contribution in [0.2, 0.25) is 0 Å². The highest BCUT2D eigenvalue weighted by atomic mass is 19.1. The molecule has 184 valence electrons. The number of hydrogen-bond donors (Lipinski definition) is 2. The van der Waals surface area contributed by atoms with Crippen molar-refractivity contribution >= 4 is 28.0 Å². The minimum atomic E-state index is -0.326. The number of rotatable bonds is 8. The van der Waals surface area contributed by atoms with Gasteiger partial charge in [-0.25, -0.2) is 14.4 Å². The number of aromatic amines is 1. The number of amides is 1. The summed E-state index contributed by atoms with van der Waals surface area (Å²) < 4.78 is 26.5. The monoisotopic (exact) mass is 481 g/mol. The maximum atomic E-state index is 14.1. The lowest BCUT2D eigenvalue weighted by Gasteiger charge is -2.26. The number of aromatic nitrogens is 5. The second-order valence-corrected chi connectivity index (χ2v) is 8.67. The van der Waals surface area contributed by atoms with Crippen molar-refractivity contribution in [2.45, 2.75) is 19.5 Å². The molecule has 1 fully saturated rings. The van der Waals surface area contributed by atoms with Crippen LogP contribution in [-0.4, -0.2) is 88.1 Å². The number of H-pyrrole nitrogens is 1. The topological polar surface area (TPSA) is 110 Å². The van der Waals surface area contributed by atoms with Gasteiger partial charge in [0, 0.05) is 44.4 Å². The van der Waals surface area contributed by atoms with Crippen LogP contribution in [-0.2, 0) is 16.0 Å². The number of benzene rings is 1. The molecular weight excluding hydrogens is 453 g/mol. The quantitative estimate of drug-likeness (QED) is 0.397. The van der Waals surface area contributed by atoms with Crippen molar-refractivity contribution in [3.63, 3.8) is 0 Å². The number of morpholine rings is 1. The molecule has 10 nitrogen and oxygen atoms in total. The van der Waals surface area contributed by atoms with E-state index in [1.165, 1.54) is 12.1 Å². The van der Waals surface area contributed by atoms with E-state index in [9.17, 15) is 9.18 Å². The number of nitrogens with zero attached hydrogens (tertiary/aromatic N) is 5. The number of methoxy groups -OCH3 is 1. The molecule has 4 aromatic rings. The molecule has 1 amide bonds. The van der Waals surface area contributed by atoms with Crippen molar-refractivity contribution < 1.29 is 18.7 Å². The Morgan fingerprint density at radius 3 is 2.94 bits per heavy atom. The fraction of sp³-hybridized carbons (Fsp3) is 0.417. The Bertz CT molecular complexity index is 1350. The molecule has 5 rings (SSSR count). The first-order valence-electron chi connectivity index (χ1n) is 11.6. The number of fused-ring (bicyclic) bond motifs is 2. The maximum Gasteiger partial charge on any atom is 0.255 e. The van der Waals surface area contributed by atoms with Gasteiger partial charge in [0.1, 0.15) is 22.7 Å². The van der Waals surface area contributed by atoms with E-state index in [0.29, 0.717) is 60.0 Å². The smallest absolute Gasteiger partial charge is 0.255 e. The van der Waals surface area contributed by atoms with Crippen LogP contribution in [0.15, 0.2) is 30.6 Å². The van der Waals surface area contributed by atoms with E-state index in [1.54, 1.807) is 25.6 Å². The van der Waals surface area contributed by atoms with E-state index in [2.05, 4.69) is 20.2 Å². The lowest BCUT2D eigenvalue weighted by atomic mass is 10.1. The number of carbonyl (C=O) groups excluding carboxylic acids is 1. The van der Waals surface area contributed by atoms with Gasteiger partial charge in [-0.1, -0.05) is 0 Å². The Kier molecular flexibility index (Phi) is 6.71. The molecule has 1 atom stereocenters. The predicted octanol–water partition coefficient (Wildman–Crippen LogP) is 2.21. The van der Waals surface area contributed by atoms with Crippen LogP contribution in [0.5, 0.6) is 0 Å². The molecule has 3 aromatic heterocycles. The molecule has 35 heavy (non-hydrogen) atoms. The van der Waals surface area contributed by atoms with Gasteiger partial charge in [0.2, 0.25) is 0 Å². The molecule has 0 saturated carbocycles. The fourth-order valence-electron chi connectivity index (χ4n) is 4.34. The van der Waals surface area contributed by atoms with Gasteiger partial charge in [-0.2, -0.15) is 5.10 Å². The zero-order chi connectivity index (χ0) is 24.4. The largest absolute Gasteiger partial charge is 0.383 e. The van der Waals surface area contributed by atoms with Gasteiger partial charge >= 0.3 is 0 Å². The summed E-state index contributed by atoms with van der Waals surface area (Å²) in [5, 5.41) is 8.46. The highest BCUT2D eigenvalue weighted by Crippen LogP contribution is 2.28. The van der Waals surface area contributed by atoms with Crippen LogP contribution in [0.3, 0.4) is 0 Å². The highest BCUT2D eigenvalue weighted by molar-refractivity contribution is 6.05. The molecule has 2 N–H and O–H groups in total. The Hall–Kier alpha value is -3.41. The Morgan fingerprint density at radius 1 is 1.31 bits per heavy atom. The third kappa shape index (κ3) is 4.88. The lowest BCUT2D eigenvalue weighted by Crippen LogP contribution is -2.38. The number of carbonyl (C=O) groups is 1. The Balaban J connectivity index is 1.49. The highest BCUT2D eigenvalue weighted by Gasteiger charge is 2.20. The molecule has 4 heterocycles. The second kappa shape index (κ2) is 10.1. The predicted molar refractivity (Wildman–Crippen MR) is 129 cm³/mol. The number of nitrogens with one attached hydrogen (secondary N) is 2. The van der Waals surface area contributed by atoms with Gasteiger partial charge in [-0.15, -0.1) is 0 Å². The van der Waals surface area contributed by atoms with Gasteiger partial charge in [-0.3, -0.25) is 14.4 Å². The van der Waals surface area contributed by atoms with Crippen LogP contribution in [0.25, 0.3) is 33.5 Å². The fourth-order valence-corrected chi connectivity index (χ4v) is 4.34. The summed E-state index contributed by atoms with van der Waals surface area (Å²) in [6.45, 7) is 6.80. The van der Waals surface area contributed by atoms with E-state index in [0.717, 1.165) is 25.0 Å². The molecule has 0 spiro atoms. The van der Waals surface area contributed by atoms with E-state index in [4.69, 9.17) is 19.6 Å². The molecule has 1 aromatic carbocycles. The summed E-state index contributed by atoms with van der Waals surface area (Å²) in [7, 11) is 1.59. The average Bonchev–Trinajstić information content (AvgIpc) is 3.44. The Labute approximate surface area is 201 Å². The SMILES string of the molecule is COC[C@H](C)NC(=O)c1c[nH]c2ncc(-c3nn(CCN4CCOCC4)c4cc(F)ccc34)nc12. The van der Waals surface area contributed by atoms with Gasteiger partial charge < -0.3 is 19.8 Å². The molecular formula is C24H28FN7O3. The number of halogens is 1. The molecule has 11 heteroatoms. The van der Waals surface area contributed by atoms with Gasteiger partial charge in [-0.05, 0) is 25.1 Å². The van der Waals surface area contributed by atoms with Crippen LogP contribution in [0, 0.1) is 5.82 Å². The summed E-state index contributed by atoms with van der Waals surface area (Å²) in [5.41, 5.74) is 3.13. The molecule has 0 aliphatic carbocycles. The second-order valence-electron chi connectivity index (χ2n) is 8.67. The lowest BCUT2D eigenvalue weighted by molar-refractivity contribution is 0.0361. The number of hydrogen-bond acceptors (Lipinski definition) is 7. The summed E-state index contributed by atoms with van der Waals surface area (Å²) >= 11 is 0. The van der Waals surface area contributed by atoms with Crippen LogP contribution in [0.4, 0.5) is 4.39 Å². The third-order valence-electron chi connectivity index (χ3n) is 6.11. The van der Waals surface area contributed by atoms with Gasteiger partial charge in [0.05, 0.1) is 43.6 Å². The van der Waals surface area contributed by atoms with Gasteiger partial charge in [0.25, 0.3) is 5.91 Å². The van der Waals surface area contributed by atoms with Crippen LogP contribution in [0.1, 0.15) is 17.3 Å². The van der Waals surface area contributed by atoms with Crippen molar-refractivity contribution in [2.24, 2.45) is 0 Å². The van der Waals surface area contributed by atoms with E-state index in [1.807, 2.05) is 11.6 Å². The van der Waals surface area contributed by atoms with Crippen molar-refractivity contribution in [2.75, 3.05) is 46.6 Å². The van der Waals surface area contributed by atoms with Crippen LogP contribution >= 0.6 is 0 Å². The molecule has 0 radical (unpaired) electrons. The van der Waals surface area contributed by atoms with E-state index >= 15 is 0 Å². The van der Waals surface area contributed by atoms with E-state index < -0.39 is 0 Å². The summed E-state index contributed by atoms with van der Waals surface area (Å²) in [6, 6.07) is 4.46. The zero-order valence-corrected chi connectivity index (χ0v) is 19.8. The molecule has 0 unspecified atom stereocenters. The first-order chi connectivity index (χ1) is 17.0. The standard InChI is InChI=1S/C24H28FN7O3/c1-15(14-34-2)28-24(33)18-12-26-23-22(18)29-19(13-27-23)21-17-4-3-16(25)11-20(17)32(30-21)6-5-31-7-9-35-10-8-31/h3-4,11-13,15H,5-10,14H2,1-2H3,(H,26,27)(H,28,33)/t15-/m0/s1. The van der Waals surface area contributed by atoms with Gasteiger partial charge in [0.15, 0.2) is 5.65 Å². The average molecular weight is 482 g/mol. The van der Waals surface area contributed by atoms with Crippen molar-refractivity contribution in [3.05, 3.63) is 42.0 Å². The molecule has 1 saturated heterocycles. The van der Waals surface area contributed by atoms with Crippen molar-refractivity contribution in [3.8, 4) is 11.4 Å². The first-order valence-corrected chi connectivity index (χ1v) is 11.6. The third-order valence-corrected chi connectivity index (χ3v) is 6.11. The zero-order valence-electron chi connectivity index (χ0n) is 19.8. The van der Waals surface area contributed by atoms with E-state index in [-0.39, 0.29) is 17.8 Å². The summed E-state index contributed by atoms with van der Waals surface area (Å²) in [4.78, 5) is 27.3. The normalized spacial score (nSPS) is 15.6. The maximum absolute atomic E-state index is 14.1. The molecule has 0 bridgehead atoms. The molecule has 1 aliphatic rings. The summed E-state index contributed by atoms with van der Waals surface area (Å²) in [5.74, 6) is -0.594. The van der Waals surface area contributed by atoms with Crippen molar-refractivity contribution in [1.29, 1.82) is 0 Å². The minimum Gasteiger partial charge on any atom is -0.383 e. The minimum absolute atomic E-state index is 0.158. The van der Waals surface area contributed by atoms with Crippen LogP contribution < -0.4 is 5.32 Å². The van der Waals surface area contributed by atoms with Crippen molar-refractivity contribution in [1.82, 2.24) is 34.9 Å². The summed E-state index contributed by atoms with van der Waals surface area (Å²) in [6.07, 6.45) is 3.21.